The van der Waals surface area contributed by atoms with Crippen molar-refractivity contribution >= 4 is 19.7 Å². The van der Waals surface area contributed by atoms with Crippen LogP contribution in [0, 0.1) is 0 Å². The molecule has 0 bridgehead atoms. The quantitative estimate of drug-likeness (QED) is 0.656. The average molecular weight is 423 g/mol. The van der Waals surface area contributed by atoms with Gasteiger partial charge in [-0.1, -0.05) is 37.3 Å². The van der Waals surface area contributed by atoms with Crippen LogP contribution in [0.1, 0.15) is 23.3 Å². The summed E-state index contributed by atoms with van der Waals surface area (Å²) in [6, 6.07) is 13.1. The van der Waals surface area contributed by atoms with Gasteiger partial charge in [0.1, 0.15) is 5.25 Å². The summed E-state index contributed by atoms with van der Waals surface area (Å²) in [5.74, 6) is -0.408. The maximum Gasteiger partial charge on any atom is 0.186 e. The second-order valence-corrected chi connectivity index (χ2v) is 11.2. The molecule has 0 fully saturated rings. The number of likely N-dealkylation sites (N-methyl/N-ethyl adjacent to an activating group) is 1. The van der Waals surface area contributed by atoms with Crippen LogP contribution in [0.25, 0.3) is 0 Å². The molecule has 1 N–H and O–H groups in total. The fourth-order valence-corrected chi connectivity index (χ4v) is 7.84. The van der Waals surface area contributed by atoms with Crippen molar-refractivity contribution in [1.82, 2.24) is 10.2 Å². The van der Waals surface area contributed by atoms with Crippen LogP contribution in [0.15, 0.2) is 58.3 Å². The Bertz CT molecular complexity index is 1040. The molecule has 2 aromatic carbocycles. The van der Waals surface area contributed by atoms with Crippen LogP contribution in [0.4, 0.5) is 0 Å². The largest absolute Gasteiger partial charge is 0.311 e. The molecule has 0 amide bonds. The molecular formula is C20H26N2O4S2. The third-order valence-corrected chi connectivity index (χ3v) is 9.25. The van der Waals surface area contributed by atoms with Crippen LogP contribution in [0.3, 0.4) is 0 Å². The van der Waals surface area contributed by atoms with E-state index in [4.69, 9.17) is 0 Å². The lowest BCUT2D eigenvalue weighted by Crippen LogP contribution is -2.29. The molecule has 1 aliphatic heterocycles. The lowest BCUT2D eigenvalue weighted by molar-refractivity contribution is 0.349. The summed E-state index contributed by atoms with van der Waals surface area (Å²) in [5.41, 5.74) is 1.14. The van der Waals surface area contributed by atoms with Crippen molar-refractivity contribution in [2.45, 2.75) is 28.5 Å². The Hall–Kier alpha value is -1.74. The standard InChI is InChI=1S/C20H26N2O4S2/c1-3-22(2)13-12-21-14-16-8-7-11-18-20(16)19(15-27(18,23)24)28(25,26)17-9-5-4-6-10-17/h4-11,19,21H,3,12-15H2,1-2H3. The lowest BCUT2D eigenvalue weighted by Gasteiger charge is -2.17. The molecular weight excluding hydrogens is 396 g/mol. The molecule has 0 saturated carbocycles. The van der Waals surface area contributed by atoms with Crippen molar-refractivity contribution in [3.8, 4) is 0 Å². The molecule has 28 heavy (non-hydrogen) atoms. The minimum atomic E-state index is -3.81. The maximum atomic E-state index is 13.2. The number of hydrogen-bond acceptors (Lipinski definition) is 6. The molecule has 2 aromatic rings. The normalized spacial score (nSPS) is 18.3. The molecule has 0 aliphatic carbocycles. The van der Waals surface area contributed by atoms with Gasteiger partial charge in [-0.15, -0.1) is 0 Å². The fourth-order valence-electron chi connectivity index (χ4n) is 3.42. The molecule has 0 aromatic heterocycles. The van der Waals surface area contributed by atoms with Crippen molar-refractivity contribution in [1.29, 1.82) is 0 Å². The molecule has 1 heterocycles. The van der Waals surface area contributed by atoms with E-state index in [1.165, 1.54) is 18.2 Å². The first-order chi connectivity index (χ1) is 13.3. The summed E-state index contributed by atoms with van der Waals surface area (Å²) in [7, 11) is -5.42. The highest BCUT2D eigenvalue weighted by Gasteiger charge is 2.44. The van der Waals surface area contributed by atoms with Gasteiger partial charge in [0.05, 0.1) is 15.5 Å². The molecule has 0 radical (unpaired) electrons. The highest BCUT2D eigenvalue weighted by Crippen LogP contribution is 2.42. The molecule has 6 nitrogen and oxygen atoms in total. The van der Waals surface area contributed by atoms with Crippen molar-refractivity contribution < 1.29 is 16.8 Å². The van der Waals surface area contributed by atoms with Gasteiger partial charge in [0, 0.05) is 19.6 Å². The van der Waals surface area contributed by atoms with Gasteiger partial charge in [0.15, 0.2) is 19.7 Å². The number of nitrogens with zero attached hydrogens (tertiary/aromatic N) is 1. The van der Waals surface area contributed by atoms with Gasteiger partial charge < -0.3 is 10.2 Å². The third kappa shape index (κ3) is 4.15. The van der Waals surface area contributed by atoms with Gasteiger partial charge in [0.25, 0.3) is 0 Å². The molecule has 1 atom stereocenters. The van der Waals surface area contributed by atoms with Crippen LogP contribution in [-0.4, -0.2) is 54.2 Å². The number of sulfone groups is 2. The summed E-state index contributed by atoms with van der Waals surface area (Å²) in [4.78, 5) is 2.45. The number of fused-ring (bicyclic) bond motifs is 1. The Morgan fingerprint density at radius 3 is 2.50 bits per heavy atom. The zero-order chi connectivity index (χ0) is 20.4. The maximum absolute atomic E-state index is 13.2. The summed E-state index contributed by atoms with van der Waals surface area (Å²) in [6.45, 7) is 5.04. The van der Waals surface area contributed by atoms with Crippen LogP contribution in [-0.2, 0) is 26.2 Å². The smallest absolute Gasteiger partial charge is 0.186 e. The van der Waals surface area contributed by atoms with Crippen molar-refractivity contribution in [2.75, 3.05) is 32.4 Å². The zero-order valence-corrected chi connectivity index (χ0v) is 17.8. The monoisotopic (exact) mass is 422 g/mol. The van der Waals surface area contributed by atoms with E-state index in [9.17, 15) is 16.8 Å². The fraction of sp³-hybridized carbons (Fsp3) is 0.400. The molecule has 0 saturated heterocycles. The Balaban J connectivity index is 1.94. The second kappa shape index (κ2) is 8.32. The minimum absolute atomic E-state index is 0.141. The molecule has 152 valence electrons. The first kappa shape index (κ1) is 21.0. The Morgan fingerprint density at radius 1 is 1.11 bits per heavy atom. The van der Waals surface area contributed by atoms with Gasteiger partial charge in [-0.2, -0.15) is 0 Å². The highest BCUT2D eigenvalue weighted by atomic mass is 32.2. The first-order valence-electron chi connectivity index (χ1n) is 9.30. The van der Waals surface area contributed by atoms with Gasteiger partial charge in [-0.05, 0) is 42.9 Å². The van der Waals surface area contributed by atoms with Crippen molar-refractivity contribution in [3.05, 3.63) is 59.7 Å². The Morgan fingerprint density at radius 2 is 1.82 bits per heavy atom. The predicted octanol–water partition coefficient (Wildman–Crippen LogP) is 2.03. The average Bonchev–Trinajstić information content (AvgIpc) is 2.98. The highest BCUT2D eigenvalue weighted by molar-refractivity contribution is 7.96. The van der Waals surface area contributed by atoms with Crippen LogP contribution < -0.4 is 5.32 Å². The van der Waals surface area contributed by atoms with E-state index in [-0.39, 0.29) is 9.79 Å². The van der Waals surface area contributed by atoms with E-state index in [0.717, 1.165) is 25.2 Å². The summed E-state index contributed by atoms with van der Waals surface area (Å²) in [5, 5.41) is 2.23. The summed E-state index contributed by atoms with van der Waals surface area (Å²) in [6.07, 6.45) is 0. The van der Waals surface area contributed by atoms with E-state index >= 15 is 0 Å². The van der Waals surface area contributed by atoms with Crippen LogP contribution in [0.2, 0.25) is 0 Å². The van der Waals surface area contributed by atoms with E-state index in [1.807, 2.05) is 13.1 Å². The Labute approximate surface area is 167 Å². The van der Waals surface area contributed by atoms with E-state index in [1.54, 1.807) is 24.3 Å². The number of rotatable bonds is 8. The van der Waals surface area contributed by atoms with Gasteiger partial charge in [-0.25, -0.2) is 16.8 Å². The van der Waals surface area contributed by atoms with Gasteiger partial charge >= 0.3 is 0 Å². The third-order valence-electron chi connectivity index (χ3n) is 5.16. The number of nitrogens with one attached hydrogen (secondary N) is 1. The number of benzene rings is 2. The summed E-state index contributed by atoms with van der Waals surface area (Å²) >= 11 is 0. The molecule has 1 unspecified atom stereocenters. The van der Waals surface area contributed by atoms with Crippen molar-refractivity contribution in [3.63, 3.8) is 0 Å². The molecule has 3 rings (SSSR count). The molecule has 8 heteroatoms. The van der Waals surface area contributed by atoms with E-state index in [0.29, 0.717) is 12.1 Å². The second-order valence-electron chi connectivity index (χ2n) is 7.03. The minimum Gasteiger partial charge on any atom is -0.311 e. The lowest BCUT2D eigenvalue weighted by atomic mass is 10.1. The first-order valence-corrected chi connectivity index (χ1v) is 12.5. The van der Waals surface area contributed by atoms with Crippen molar-refractivity contribution in [2.24, 2.45) is 0 Å². The van der Waals surface area contributed by atoms with Crippen LogP contribution in [0.5, 0.6) is 0 Å². The van der Waals surface area contributed by atoms with Crippen LogP contribution >= 0.6 is 0 Å². The van der Waals surface area contributed by atoms with E-state index in [2.05, 4.69) is 17.1 Å². The predicted molar refractivity (Wildman–Crippen MR) is 110 cm³/mol. The Kier molecular flexibility index (Phi) is 6.24. The SMILES string of the molecule is CCN(C)CCNCc1cccc2c1C(S(=O)(=O)c1ccccc1)CS2(=O)=O. The number of hydrogen-bond donors (Lipinski definition) is 1. The van der Waals surface area contributed by atoms with Gasteiger partial charge in [0.2, 0.25) is 0 Å². The molecule has 0 spiro atoms. The topological polar surface area (TPSA) is 83.6 Å². The van der Waals surface area contributed by atoms with Gasteiger partial charge in [-0.3, -0.25) is 0 Å². The zero-order valence-electron chi connectivity index (χ0n) is 16.1. The summed E-state index contributed by atoms with van der Waals surface area (Å²) < 4.78 is 51.7. The van der Waals surface area contributed by atoms with E-state index < -0.39 is 30.7 Å². The molecule has 1 aliphatic rings.